The molecule has 0 unspecified atom stereocenters. The molecule has 84 valence electrons. The highest BCUT2D eigenvalue weighted by Crippen LogP contribution is 2.21. The van der Waals surface area contributed by atoms with Crippen LogP contribution in [0.3, 0.4) is 0 Å². The predicted octanol–water partition coefficient (Wildman–Crippen LogP) is 1.25. The zero-order valence-electron chi connectivity index (χ0n) is 9.01. The molecule has 2 N–H and O–H groups in total. The van der Waals surface area contributed by atoms with Crippen LogP contribution in [0.15, 0.2) is 28.8 Å². The van der Waals surface area contributed by atoms with Gasteiger partial charge in [-0.05, 0) is 24.7 Å². The molecule has 0 atom stereocenters. The molecule has 0 aliphatic heterocycles. The van der Waals surface area contributed by atoms with E-state index in [1.807, 2.05) is 24.3 Å². The molecule has 0 aliphatic carbocycles. The van der Waals surface area contributed by atoms with Crippen molar-refractivity contribution in [1.29, 1.82) is 0 Å². The van der Waals surface area contributed by atoms with E-state index in [1.165, 1.54) is 0 Å². The van der Waals surface area contributed by atoms with E-state index in [-0.39, 0.29) is 0 Å². The highest BCUT2D eigenvalue weighted by Gasteiger charge is 2.08. The van der Waals surface area contributed by atoms with Crippen molar-refractivity contribution in [3.05, 3.63) is 30.1 Å². The minimum Gasteiger partial charge on any atom is -0.497 e. The normalized spacial score (nSPS) is 10.4. The first-order valence-electron chi connectivity index (χ1n) is 5.00. The van der Waals surface area contributed by atoms with Crippen molar-refractivity contribution in [1.82, 2.24) is 10.1 Å². The fourth-order valence-electron chi connectivity index (χ4n) is 1.36. The molecule has 1 heterocycles. The lowest BCUT2D eigenvalue weighted by molar-refractivity contribution is 0.412. The fourth-order valence-corrected chi connectivity index (χ4v) is 1.36. The summed E-state index contributed by atoms with van der Waals surface area (Å²) in [6.07, 6.45) is 0.619. The summed E-state index contributed by atoms with van der Waals surface area (Å²) in [4.78, 5) is 4.23. The molecule has 5 nitrogen and oxygen atoms in total. The number of rotatable bonds is 4. The molecule has 0 fully saturated rings. The van der Waals surface area contributed by atoms with Crippen LogP contribution in [0.5, 0.6) is 5.75 Å². The predicted molar refractivity (Wildman–Crippen MR) is 59.0 cm³/mol. The van der Waals surface area contributed by atoms with E-state index in [1.54, 1.807) is 7.11 Å². The summed E-state index contributed by atoms with van der Waals surface area (Å²) in [6.45, 7) is 0.511. The Hall–Kier alpha value is -1.88. The Morgan fingerprint density at radius 1 is 1.44 bits per heavy atom. The van der Waals surface area contributed by atoms with Gasteiger partial charge in [-0.1, -0.05) is 11.2 Å². The number of hydrogen-bond acceptors (Lipinski definition) is 5. The van der Waals surface area contributed by atoms with Crippen LogP contribution < -0.4 is 10.5 Å². The molecule has 0 radical (unpaired) electrons. The van der Waals surface area contributed by atoms with Gasteiger partial charge < -0.3 is 15.0 Å². The van der Waals surface area contributed by atoms with Crippen molar-refractivity contribution >= 4 is 0 Å². The lowest BCUT2D eigenvalue weighted by Crippen LogP contribution is -2.03. The van der Waals surface area contributed by atoms with Crippen LogP contribution in [0.25, 0.3) is 11.5 Å². The number of hydrogen-bond donors (Lipinski definition) is 1. The smallest absolute Gasteiger partial charge is 0.258 e. The zero-order chi connectivity index (χ0) is 11.4. The summed E-state index contributed by atoms with van der Waals surface area (Å²) < 4.78 is 10.3. The minimum absolute atomic E-state index is 0.488. The van der Waals surface area contributed by atoms with Gasteiger partial charge in [0.1, 0.15) is 5.75 Å². The Labute approximate surface area is 93.2 Å². The number of nitrogens with two attached hydrogens (primary N) is 1. The van der Waals surface area contributed by atoms with E-state index >= 15 is 0 Å². The van der Waals surface area contributed by atoms with Gasteiger partial charge in [0.25, 0.3) is 5.89 Å². The number of ether oxygens (including phenoxy) is 1. The Morgan fingerprint density at radius 2 is 2.31 bits per heavy atom. The molecule has 2 aromatic rings. The highest BCUT2D eigenvalue weighted by molar-refractivity contribution is 5.55. The maximum absolute atomic E-state index is 5.41. The molecular weight excluding hydrogens is 206 g/mol. The molecule has 0 spiro atoms. The lowest BCUT2D eigenvalue weighted by atomic mass is 10.2. The number of benzene rings is 1. The van der Waals surface area contributed by atoms with E-state index in [0.717, 1.165) is 11.3 Å². The van der Waals surface area contributed by atoms with Crippen molar-refractivity contribution in [2.24, 2.45) is 5.73 Å². The Morgan fingerprint density at radius 3 is 3.06 bits per heavy atom. The molecular formula is C11H13N3O2. The van der Waals surface area contributed by atoms with Gasteiger partial charge in [0.05, 0.1) is 7.11 Å². The largest absolute Gasteiger partial charge is 0.497 e. The molecule has 0 saturated heterocycles. The third-order valence-electron chi connectivity index (χ3n) is 2.15. The van der Waals surface area contributed by atoms with Gasteiger partial charge in [0.2, 0.25) is 0 Å². The number of aromatic nitrogens is 2. The van der Waals surface area contributed by atoms with E-state index in [2.05, 4.69) is 10.1 Å². The molecule has 0 bridgehead atoms. The quantitative estimate of drug-likeness (QED) is 0.837. The zero-order valence-corrected chi connectivity index (χ0v) is 9.01. The van der Waals surface area contributed by atoms with E-state index in [9.17, 15) is 0 Å². The third-order valence-corrected chi connectivity index (χ3v) is 2.15. The maximum atomic E-state index is 5.41. The first-order chi connectivity index (χ1) is 7.83. The molecule has 1 aromatic carbocycles. The molecule has 5 heteroatoms. The molecule has 0 aliphatic rings. The van der Waals surface area contributed by atoms with Gasteiger partial charge in [-0.2, -0.15) is 4.98 Å². The van der Waals surface area contributed by atoms with E-state index in [4.69, 9.17) is 15.0 Å². The first-order valence-corrected chi connectivity index (χ1v) is 5.00. The standard InChI is InChI=1S/C11H13N3O2/c1-15-9-4-2-3-8(7-9)11-13-10(5-6-12)14-16-11/h2-4,7H,5-6,12H2,1H3. The Bertz CT molecular complexity index is 468. The SMILES string of the molecule is COc1cccc(-c2nc(CCN)no2)c1. The van der Waals surface area contributed by atoms with E-state index in [0.29, 0.717) is 24.7 Å². The average Bonchev–Trinajstić information content (AvgIpc) is 2.78. The monoisotopic (exact) mass is 219 g/mol. The van der Waals surface area contributed by atoms with Gasteiger partial charge in [-0.3, -0.25) is 0 Å². The second kappa shape index (κ2) is 4.76. The Balaban J connectivity index is 2.27. The summed E-state index contributed by atoms with van der Waals surface area (Å²) in [5, 5.41) is 3.83. The molecule has 1 aromatic heterocycles. The van der Waals surface area contributed by atoms with Crippen LogP contribution in [0, 0.1) is 0 Å². The van der Waals surface area contributed by atoms with Crippen LogP contribution in [0.1, 0.15) is 5.82 Å². The van der Waals surface area contributed by atoms with E-state index < -0.39 is 0 Å². The maximum Gasteiger partial charge on any atom is 0.258 e. The summed E-state index contributed by atoms with van der Waals surface area (Å²) in [6, 6.07) is 7.48. The summed E-state index contributed by atoms with van der Waals surface area (Å²) in [5.41, 5.74) is 6.26. The van der Waals surface area contributed by atoms with Gasteiger partial charge >= 0.3 is 0 Å². The summed E-state index contributed by atoms with van der Waals surface area (Å²) >= 11 is 0. The average molecular weight is 219 g/mol. The van der Waals surface area contributed by atoms with Crippen molar-refractivity contribution < 1.29 is 9.26 Å². The molecule has 2 rings (SSSR count). The van der Waals surface area contributed by atoms with Crippen LogP contribution >= 0.6 is 0 Å². The molecule has 16 heavy (non-hydrogen) atoms. The van der Waals surface area contributed by atoms with Crippen LogP contribution in [-0.2, 0) is 6.42 Å². The van der Waals surface area contributed by atoms with Gasteiger partial charge in [-0.25, -0.2) is 0 Å². The fraction of sp³-hybridized carbons (Fsp3) is 0.273. The van der Waals surface area contributed by atoms with Crippen molar-refractivity contribution in [2.45, 2.75) is 6.42 Å². The highest BCUT2D eigenvalue weighted by atomic mass is 16.5. The van der Waals surface area contributed by atoms with Crippen molar-refractivity contribution in [2.75, 3.05) is 13.7 Å². The molecule has 0 amide bonds. The van der Waals surface area contributed by atoms with Crippen molar-refractivity contribution in [3.8, 4) is 17.2 Å². The van der Waals surface area contributed by atoms with Gasteiger partial charge in [0.15, 0.2) is 5.82 Å². The second-order valence-corrected chi connectivity index (χ2v) is 3.29. The second-order valence-electron chi connectivity index (χ2n) is 3.29. The first kappa shape index (κ1) is 10.6. The van der Waals surface area contributed by atoms with Gasteiger partial charge in [-0.15, -0.1) is 0 Å². The van der Waals surface area contributed by atoms with Crippen molar-refractivity contribution in [3.63, 3.8) is 0 Å². The number of nitrogens with zero attached hydrogens (tertiary/aromatic N) is 2. The van der Waals surface area contributed by atoms with Gasteiger partial charge in [0, 0.05) is 12.0 Å². The summed E-state index contributed by atoms with van der Waals surface area (Å²) in [7, 11) is 1.62. The van der Waals surface area contributed by atoms with Crippen LogP contribution in [0.4, 0.5) is 0 Å². The third kappa shape index (κ3) is 2.20. The minimum atomic E-state index is 0.488. The summed E-state index contributed by atoms with van der Waals surface area (Å²) in [5.74, 6) is 1.87. The topological polar surface area (TPSA) is 74.2 Å². The Kier molecular flexibility index (Phi) is 3.16. The lowest BCUT2D eigenvalue weighted by Gasteiger charge is -1.99. The number of methoxy groups -OCH3 is 1. The van der Waals surface area contributed by atoms with Crippen LogP contribution in [0.2, 0.25) is 0 Å². The molecule has 0 saturated carbocycles. The van der Waals surface area contributed by atoms with Crippen LogP contribution in [-0.4, -0.2) is 23.8 Å².